The van der Waals surface area contributed by atoms with Crippen LogP contribution in [-0.2, 0) is 14.7 Å². The van der Waals surface area contributed by atoms with E-state index in [1.165, 1.54) is 6.08 Å². The molecule has 1 rings (SSSR count). The zero-order valence-corrected chi connectivity index (χ0v) is 5.73. The highest BCUT2D eigenvalue weighted by Gasteiger charge is 2.16. The molecular formula is C4H7NO3S. The molecule has 1 aliphatic rings. The average Bonchev–Trinajstić information content (AvgIpc) is 2.08. The molecule has 0 radical (unpaired) electrons. The van der Waals surface area contributed by atoms with Gasteiger partial charge in [0.2, 0.25) is 14.9 Å². The van der Waals surface area contributed by atoms with E-state index in [-0.39, 0.29) is 5.09 Å². The highest BCUT2D eigenvalue weighted by molar-refractivity contribution is 7.94. The Bertz CT molecular complexity index is 228. The molecule has 0 aliphatic carbocycles. The normalized spacial score (nSPS) is 19.0. The standard InChI is InChI=1S/C4H7NO3S/c1-9(6,7)4-2-3-5-8-4/h2,5H,3H2,1H3. The number of nitrogens with one attached hydrogen (secondary N) is 1. The molecule has 0 atom stereocenters. The fraction of sp³-hybridized carbons (Fsp3) is 0.500. The van der Waals surface area contributed by atoms with Crippen molar-refractivity contribution in [1.29, 1.82) is 0 Å². The maximum atomic E-state index is 10.6. The smallest absolute Gasteiger partial charge is 0.235 e. The van der Waals surface area contributed by atoms with E-state index in [1.54, 1.807) is 0 Å². The van der Waals surface area contributed by atoms with Crippen molar-refractivity contribution >= 4 is 9.84 Å². The van der Waals surface area contributed by atoms with Crippen molar-refractivity contribution in [2.24, 2.45) is 0 Å². The minimum Gasteiger partial charge on any atom is -0.397 e. The van der Waals surface area contributed by atoms with Gasteiger partial charge in [0.15, 0.2) is 0 Å². The molecule has 4 nitrogen and oxygen atoms in total. The van der Waals surface area contributed by atoms with Crippen LogP contribution >= 0.6 is 0 Å². The van der Waals surface area contributed by atoms with E-state index in [0.717, 1.165) is 6.26 Å². The summed E-state index contributed by atoms with van der Waals surface area (Å²) >= 11 is 0. The molecule has 0 fully saturated rings. The van der Waals surface area contributed by atoms with Crippen LogP contribution in [0.3, 0.4) is 0 Å². The van der Waals surface area contributed by atoms with Crippen LogP contribution in [0.5, 0.6) is 0 Å². The third kappa shape index (κ3) is 1.43. The maximum absolute atomic E-state index is 10.6. The molecule has 0 saturated carbocycles. The van der Waals surface area contributed by atoms with Crippen LogP contribution in [0.2, 0.25) is 0 Å². The van der Waals surface area contributed by atoms with Gasteiger partial charge in [-0.25, -0.2) is 8.42 Å². The average molecular weight is 149 g/mol. The van der Waals surface area contributed by atoms with E-state index in [9.17, 15) is 8.42 Å². The third-order valence-corrected chi connectivity index (χ3v) is 1.87. The number of hydroxylamine groups is 1. The van der Waals surface area contributed by atoms with Crippen LogP contribution in [0.1, 0.15) is 0 Å². The first-order valence-electron chi connectivity index (χ1n) is 2.40. The van der Waals surface area contributed by atoms with Gasteiger partial charge in [-0.1, -0.05) is 0 Å². The summed E-state index contributed by atoms with van der Waals surface area (Å²) in [5, 5.41) is 0.0162. The van der Waals surface area contributed by atoms with Crippen molar-refractivity contribution in [1.82, 2.24) is 5.48 Å². The van der Waals surface area contributed by atoms with Gasteiger partial charge in [-0.3, -0.25) is 0 Å². The largest absolute Gasteiger partial charge is 0.397 e. The third-order valence-electron chi connectivity index (χ3n) is 0.890. The Hall–Kier alpha value is -0.550. The monoisotopic (exact) mass is 149 g/mol. The minimum absolute atomic E-state index is 0.0162. The molecule has 52 valence electrons. The van der Waals surface area contributed by atoms with Crippen LogP contribution in [0, 0.1) is 0 Å². The predicted octanol–water partition coefficient (Wildman–Crippen LogP) is -0.593. The van der Waals surface area contributed by atoms with Gasteiger partial charge in [0, 0.05) is 6.26 Å². The van der Waals surface area contributed by atoms with Crippen molar-refractivity contribution in [2.75, 3.05) is 12.8 Å². The Balaban J connectivity index is 2.87. The fourth-order valence-corrected chi connectivity index (χ4v) is 1.10. The first kappa shape index (κ1) is 6.57. The Morgan fingerprint density at radius 1 is 1.78 bits per heavy atom. The molecule has 0 saturated heterocycles. The lowest BCUT2D eigenvalue weighted by Crippen LogP contribution is -2.08. The molecule has 1 N–H and O–H groups in total. The fourth-order valence-electron chi connectivity index (χ4n) is 0.507. The number of hydrogen-bond donors (Lipinski definition) is 1. The lowest BCUT2D eigenvalue weighted by Gasteiger charge is -1.96. The van der Waals surface area contributed by atoms with Crippen molar-refractivity contribution in [2.45, 2.75) is 0 Å². The number of rotatable bonds is 1. The van der Waals surface area contributed by atoms with Crippen LogP contribution in [0.15, 0.2) is 11.2 Å². The molecule has 1 aliphatic heterocycles. The topological polar surface area (TPSA) is 55.4 Å². The Labute approximate surface area is 53.4 Å². The molecule has 9 heavy (non-hydrogen) atoms. The second kappa shape index (κ2) is 2.00. The second-order valence-electron chi connectivity index (χ2n) is 1.75. The lowest BCUT2D eigenvalue weighted by molar-refractivity contribution is 0.157. The molecule has 0 unspecified atom stereocenters. The van der Waals surface area contributed by atoms with Gasteiger partial charge in [-0.05, 0) is 6.08 Å². The summed E-state index contributed by atoms with van der Waals surface area (Å²) in [7, 11) is -3.13. The van der Waals surface area contributed by atoms with E-state index >= 15 is 0 Å². The molecule has 0 spiro atoms. The van der Waals surface area contributed by atoms with E-state index < -0.39 is 9.84 Å². The summed E-state index contributed by atoms with van der Waals surface area (Å²) in [6.45, 7) is 0.461. The molecule has 0 amide bonds. The Kier molecular flexibility index (Phi) is 1.46. The van der Waals surface area contributed by atoms with Gasteiger partial charge in [0.25, 0.3) is 0 Å². The van der Waals surface area contributed by atoms with Crippen LogP contribution in [-0.4, -0.2) is 21.2 Å². The number of hydrogen-bond acceptors (Lipinski definition) is 4. The zero-order valence-electron chi connectivity index (χ0n) is 4.92. The summed E-state index contributed by atoms with van der Waals surface area (Å²) in [6.07, 6.45) is 2.58. The van der Waals surface area contributed by atoms with E-state index in [0.29, 0.717) is 6.54 Å². The van der Waals surface area contributed by atoms with Gasteiger partial charge in [-0.2, -0.15) is 5.48 Å². The van der Waals surface area contributed by atoms with Crippen molar-refractivity contribution in [3.8, 4) is 0 Å². The molecule has 1 heterocycles. The van der Waals surface area contributed by atoms with Crippen LogP contribution < -0.4 is 5.48 Å². The van der Waals surface area contributed by atoms with Gasteiger partial charge in [-0.15, -0.1) is 0 Å². The Morgan fingerprint density at radius 3 is 2.67 bits per heavy atom. The molecule has 0 bridgehead atoms. The van der Waals surface area contributed by atoms with Gasteiger partial charge in [0.1, 0.15) is 0 Å². The molecule has 0 aromatic rings. The van der Waals surface area contributed by atoms with Crippen LogP contribution in [0.4, 0.5) is 0 Å². The summed E-state index contributed by atoms with van der Waals surface area (Å²) in [4.78, 5) is 4.54. The van der Waals surface area contributed by atoms with Gasteiger partial charge >= 0.3 is 0 Å². The van der Waals surface area contributed by atoms with E-state index in [2.05, 4.69) is 10.3 Å². The van der Waals surface area contributed by atoms with E-state index in [1.807, 2.05) is 0 Å². The predicted molar refractivity (Wildman–Crippen MR) is 32.0 cm³/mol. The SMILES string of the molecule is CS(=O)(=O)C1=CCNO1. The van der Waals surface area contributed by atoms with Crippen molar-refractivity contribution < 1.29 is 13.3 Å². The van der Waals surface area contributed by atoms with Gasteiger partial charge < -0.3 is 4.84 Å². The van der Waals surface area contributed by atoms with Gasteiger partial charge in [0.05, 0.1) is 6.54 Å². The highest BCUT2D eigenvalue weighted by Crippen LogP contribution is 2.07. The molecule has 0 aromatic carbocycles. The first-order chi connectivity index (χ1) is 4.11. The lowest BCUT2D eigenvalue weighted by atomic mass is 10.7. The van der Waals surface area contributed by atoms with E-state index in [4.69, 9.17) is 0 Å². The number of sulfone groups is 1. The summed E-state index contributed by atoms with van der Waals surface area (Å²) < 4.78 is 21.2. The minimum atomic E-state index is -3.13. The molecule has 5 heteroatoms. The Morgan fingerprint density at radius 2 is 2.44 bits per heavy atom. The second-order valence-corrected chi connectivity index (χ2v) is 3.69. The summed E-state index contributed by atoms with van der Waals surface area (Å²) in [5.41, 5.74) is 2.41. The summed E-state index contributed by atoms with van der Waals surface area (Å²) in [5.74, 6) is 0. The zero-order chi connectivity index (χ0) is 6.91. The maximum Gasteiger partial charge on any atom is 0.235 e. The van der Waals surface area contributed by atoms with Crippen LogP contribution in [0.25, 0.3) is 0 Å². The van der Waals surface area contributed by atoms with Crippen molar-refractivity contribution in [3.63, 3.8) is 0 Å². The summed E-state index contributed by atoms with van der Waals surface area (Å²) in [6, 6.07) is 0. The van der Waals surface area contributed by atoms with Crippen molar-refractivity contribution in [3.05, 3.63) is 11.2 Å². The quantitative estimate of drug-likeness (QED) is 0.541. The molecule has 0 aromatic heterocycles. The molecular weight excluding hydrogens is 142 g/mol. The first-order valence-corrected chi connectivity index (χ1v) is 4.30. The highest BCUT2D eigenvalue weighted by atomic mass is 32.2.